The Morgan fingerprint density at radius 1 is 1.43 bits per heavy atom. The zero-order chi connectivity index (χ0) is 16.0. The Morgan fingerprint density at radius 2 is 2.10 bits per heavy atom. The van der Waals surface area contributed by atoms with Crippen LogP contribution in [-0.2, 0) is 11.0 Å². The molecule has 0 aromatic heterocycles. The van der Waals surface area contributed by atoms with Gasteiger partial charge in [0.05, 0.1) is 18.2 Å². The van der Waals surface area contributed by atoms with Gasteiger partial charge in [0.2, 0.25) is 5.91 Å². The molecule has 21 heavy (non-hydrogen) atoms. The van der Waals surface area contributed by atoms with E-state index in [4.69, 9.17) is 0 Å². The number of aliphatic hydroxyl groups is 1. The molecule has 0 spiro atoms. The fourth-order valence-corrected chi connectivity index (χ4v) is 1.86. The second-order valence-corrected chi connectivity index (χ2v) is 4.64. The Balaban J connectivity index is 2.78. The number of benzene rings is 1. The molecule has 118 valence electrons. The van der Waals surface area contributed by atoms with Crippen molar-refractivity contribution in [1.82, 2.24) is 10.2 Å². The Morgan fingerprint density at radius 3 is 2.62 bits per heavy atom. The van der Waals surface area contributed by atoms with Crippen molar-refractivity contribution in [2.24, 2.45) is 0 Å². The van der Waals surface area contributed by atoms with E-state index in [2.05, 4.69) is 5.32 Å². The molecular formula is C14H19F3N2O2. The van der Waals surface area contributed by atoms with Crippen molar-refractivity contribution in [3.8, 4) is 0 Å². The van der Waals surface area contributed by atoms with Crippen LogP contribution in [0.1, 0.15) is 24.2 Å². The molecule has 0 fully saturated rings. The average Bonchev–Trinajstić information content (AvgIpc) is 2.45. The molecule has 0 saturated carbocycles. The van der Waals surface area contributed by atoms with Crippen LogP contribution in [0.25, 0.3) is 0 Å². The lowest BCUT2D eigenvalue weighted by atomic mass is 10.1. The van der Waals surface area contributed by atoms with Crippen LogP contribution in [-0.4, -0.2) is 42.6 Å². The standard InChI is InChI=1S/C14H19F3N2O2/c1-3-19(9-13(21)18-2)8-12(20)10-5-4-6-11(7-10)14(15,16)17/h4-7,12,20H,3,8-9H2,1-2H3,(H,18,21)/t12-/m1/s1. The maximum Gasteiger partial charge on any atom is 0.416 e. The second-order valence-electron chi connectivity index (χ2n) is 4.64. The van der Waals surface area contributed by atoms with Crippen LogP contribution in [0.3, 0.4) is 0 Å². The highest BCUT2D eigenvalue weighted by molar-refractivity contribution is 5.77. The van der Waals surface area contributed by atoms with Crippen molar-refractivity contribution in [2.45, 2.75) is 19.2 Å². The van der Waals surface area contributed by atoms with Crippen LogP contribution >= 0.6 is 0 Å². The number of hydrogen-bond donors (Lipinski definition) is 2. The summed E-state index contributed by atoms with van der Waals surface area (Å²) in [6, 6.07) is 4.58. The summed E-state index contributed by atoms with van der Waals surface area (Å²) in [7, 11) is 1.50. The Kier molecular flexibility index (Phi) is 6.17. The predicted molar refractivity (Wildman–Crippen MR) is 72.6 cm³/mol. The van der Waals surface area contributed by atoms with Crippen LogP contribution < -0.4 is 5.32 Å². The van der Waals surface area contributed by atoms with Crippen molar-refractivity contribution in [3.63, 3.8) is 0 Å². The maximum absolute atomic E-state index is 12.6. The summed E-state index contributed by atoms with van der Waals surface area (Å²) in [5.41, 5.74) is -0.617. The number of nitrogens with zero attached hydrogens (tertiary/aromatic N) is 1. The molecule has 1 atom stereocenters. The fraction of sp³-hybridized carbons (Fsp3) is 0.500. The number of nitrogens with one attached hydrogen (secondary N) is 1. The summed E-state index contributed by atoms with van der Waals surface area (Å²) in [6.07, 6.45) is -5.53. The third-order valence-corrected chi connectivity index (χ3v) is 3.12. The largest absolute Gasteiger partial charge is 0.416 e. The predicted octanol–water partition coefficient (Wildman–Crippen LogP) is 1.81. The first-order chi connectivity index (χ1) is 9.77. The SMILES string of the molecule is CCN(CC(=O)NC)C[C@@H](O)c1cccc(C(F)(F)F)c1. The van der Waals surface area contributed by atoms with Crippen molar-refractivity contribution >= 4 is 5.91 Å². The summed E-state index contributed by atoms with van der Waals surface area (Å²) in [4.78, 5) is 13.0. The van der Waals surface area contributed by atoms with Gasteiger partial charge in [0, 0.05) is 13.6 Å². The molecule has 7 heteroatoms. The Hall–Kier alpha value is -1.60. The van der Waals surface area contributed by atoms with Gasteiger partial charge in [-0.05, 0) is 24.2 Å². The normalized spacial score (nSPS) is 13.3. The van der Waals surface area contributed by atoms with Gasteiger partial charge >= 0.3 is 6.18 Å². The van der Waals surface area contributed by atoms with Gasteiger partial charge in [-0.3, -0.25) is 9.69 Å². The molecular weight excluding hydrogens is 285 g/mol. The minimum atomic E-state index is -4.44. The Bertz CT molecular complexity index is 478. The van der Waals surface area contributed by atoms with E-state index in [0.717, 1.165) is 12.1 Å². The summed E-state index contributed by atoms with van der Waals surface area (Å²) < 4.78 is 37.9. The first-order valence-corrected chi connectivity index (χ1v) is 6.56. The van der Waals surface area contributed by atoms with Crippen LogP contribution in [0, 0.1) is 0 Å². The van der Waals surface area contributed by atoms with E-state index in [1.54, 1.807) is 4.90 Å². The molecule has 1 rings (SSSR count). The van der Waals surface area contributed by atoms with Crippen LogP contribution in [0.4, 0.5) is 13.2 Å². The van der Waals surface area contributed by atoms with E-state index < -0.39 is 17.8 Å². The number of aliphatic hydroxyl groups excluding tert-OH is 1. The van der Waals surface area contributed by atoms with Gasteiger partial charge < -0.3 is 10.4 Å². The zero-order valence-corrected chi connectivity index (χ0v) is 11.9. The van der Waals surface area contributed by atoms with Gasteiger partial charge in [-0.25, -0.2) is 0 Å². The number of amides is 1. The van der Waals surface area contributed by atoms with Crippen LogP contribution in [0.5, 0.6) is 0 Å². The quantitative estimate of drug-likeness (QED) is 0.843. The number of rotatable bonds is 6. The molecule has 0 saturated heterocycles. The van der Waals surface area contributed by atoms with Gasteiger partial charge in [-0.15, -0.1) is 0 Å². The average molecular weight is 304 g/mol. The third-order valence-electron chi connectivity index (χ3n) is 3.12. The lowest BCUT2D eigenvalue weighted by Gasteiger charge is -2.23. The minimum Gasteiger partial charge on any atom is -0.387 e. The zero-order valence-electron chi connectivity index (χ0n) is 11.9. The van der Waals surface area contributed by atoms with Crippen molar-refractivity contribution < 1.29 is 23.1 Å². The monoisotopic (exact) mass is 304 g/mol. The first kappa shape index (κ1) is 17.5. The van der Waals surface area contributed by atoms with Gasteiger partial charge in [-0.1, -0.05) is 19.1 Å². The maximum atomic E-state index is 12.6. The summed E-state index contributed by atoms with van der Waals surface area (Å²) in [5.74, 6) is -0.215. The van der Waals surface area contributed by atoms with Gasteiger partial charge in [0.15, 0.2) is 0 Å². The lowest BCUT2D eigenvalue weighted by molar-refractivity contribution is -0.137. The molecule has 0 aliphatic rings. The topological polar surface area (TPSA) is 52.6 Å². The van der Waals surface area contributed by atoms with Gasteiger partial charge in [0.25, 0.3) is 0 Å². The molecule has 0 heterocycles. The molecule has 4 nitrogen and oxygen atoms in total. The molecule has 1 amide bonds. The van der Waals surface area contributed by atoms with Crippen molar-refractivity contribution in [2.75, 3.05) is 26.7 Å². The second kappa shape index (κ2) is 7.42. The summed E-state index contributed by atoms with van der Waals surface area (Å²) in [6.45, 7) is 2.49. The molecule has 0 aliphatic heterocycles. The molecule has 0 aliphatic carbocycles. The highest BCUT2D eigenvalue weighted by atomic mass is 19.4. The van der Waals surface area contributed by atoms with E-state index in [0.29, 0.717) is 6.54 Å². The van der Waals surface area contributed by atoms with Gasteiger partial charge in [0.1, 0.15) is 0 Å². The van der Waals surface area contributed by atoms with Crippen LogP contribution in [0.15, 0.2) is 24.3 Å². The van der Waals surface area contributed by atoms with E-state index in [-0.39, 0.29) is 24.6 Å². The number of halogens is 3. The summed E-state index contributed by atoms with van der Waals surface area (Å²) >= 11 is 0. The van der Waals surface area contributed by atoms with Gasteiger partial charge in [-0.2, -0.15) is 13.2 Å². The number of carbonyl (C=O) groups is 1. The highest BCUT2D eigenvalue weighted by Gasteiger charge is 2.31. The smallest absolute Gasteiger partial charge is 0.387 e. The van der Waals surface area contributed by atoms with Crippen LogP contribution in [0.2, 0.25) is 0 Å². The first-order valence-electron chi connectivity index (χ1n) is 6.56. The number of alkyl halides is 3. The molecule has 0 radical (unpaired) electrons. The van der Waals surface area contributed by atoms with Crippen molar-refractivity contribution in [3.05, 3.63) is 35.4 Å². The van der Waals surface area contributed by atoms with E-state index >= 15 is 0 Å². The molecule has 0 bridgehead atoms. The van der Waals surface area contributed by atoms with E-state index in [1.165, 1.54) is 19.2 Å². The molecule has 2 N–H and O–H groups in total. The fourth-order valence-electron chi connectivity index (χ4n) is 1.86. The highest BCUT2D eigenvalue weighted by Crippen LogP contribution is 2.30. The number of carbonyl (C=O) groups excluding carboxylic acids is 1. The van der Waals surface area contributed by atoms with E-state index in [9.17, 15) is 23.1 Å². The molecule has 1 aromatic rings. The minimum absolute atomic E-state index is 0.0863. The van der Waals surface area contributed by atoms with E-state index in [1.807, 2.05) is 6.92 Å². The number of likely N-dealkylation sites (N-methyl/N-ethyl adjacent to an activating group) is 2. The molecule has 1 aromatic carbocycles. The summed E-state index contributed by atoms with van der Waals surface area (Å²) in [5, 5.41) is 12.5. The number of hydrogen-bond acceptors (Lipinski definition) is 3. The Labute approximate surface area is 121 Å². The lowest BCUT2D eigenvalue weighted by Crippen LogP contribution is -2.37. The van der Waals surface area contributed by atoms with Crippen molar-refractivity contribution in [1.29, 1.82) is 0 Å². The molecule has 0 unspecified atom stereocenters. The third kappa shape index (κ3) is 5.35.